The molecule has 1 rings (SSSR count). The van der Waals surface area contributed by atoms with Crippen LogP contribution in [-0.2, 0) is 52.5 Å². The van der Waals surface area contributed by atoms with E-state index in [9.17, 15) is 38.7 Å². The smallest absolute Gasteiger partial charge is 0.309 e. The van der Waals surface area contributed by atoms with Crippen molar-refractivity contribution in [1.82, 2.24) is 16.0 Å². The average Bonchev–Trinajstić information content (AvgIpc) is 3.22. The third-order valence-electron chi connectivity index (χ3n) is 11.1. The molecule has 0 aromatic heterocycles. The van der Waals surface area contributed by atoms with Crippen LogP contribution in [0.25, 0.3) is 0 Å². The summed E-state index contributed by atoms with van der Waals surface area (Å²) in [7, 11) is 0. The first kappa shape index (κ1) is 57.5. The van der Waals surface area contributed by atoms with Crippen molar-refractivity contribution in [2.24, 2.45) is 5.73 Å². The largest absolute Gasteiger partial charge is 0.481 e. The number of thiol groups is 1. The van der Waals surface area contributed by atoms with Crippen molar-refractivity contribution >= 4 is 54.2 Å². The van der Waals surface area contributed by atoms with Gasteiger partial charge in [-0.25, -0.2) is 0 Å². The summed E-state index contributed by atoms with van der Waals surface area (Å²) in [5.74, 6) is -5.28. The van der Waals surface area contributed by atoms with E-state index in [1.54, 1.807) is 0 Å². The van der Waals surface area contributed by atoms with Gasteiger partial charge in [0.05, 0.1) is 12.5 Å². The van der Waals surface area contributed by atoms with Crippen LogP contribution in [0.5, 0.6) is 0 Å². The van der Waals surface area contributed by atoms with Crippen LogP contribution in [-0.4, -0.2) is 112 Å². The topological polar surface area (TPSA) is 259 Å². The first-order chi connectivity index (χ1) is 30.0. The number of hydrogen-bond donors (Lipinski definition) is 7. The first-order valence-electron chi connectivity index (χ1n) is 23.4. The van der Waals surface area contributed by atoms with Crippen molar-refractivity contribution in [3.63, 3.8) is 0 Å². The van der Waals surface area contributed by atoms with Crippen LogP contribution in [0, 0.1) is 0 Å². The number of nitrogens with one attached hydrogen (secondary N) is 3. The highest BCUT2D eigenvalue weighted by Crippen LogP contribution is 2.28. The Kier molecular flexibility index (Phi) is 31.0. The van der Waals surface area contributed by atoms with E-state index in [0.29, 0.717) is 6.42 Å². The SMILES string of the molecule is CCCCCCCCCCCCCC(=O)O[C@H](CCCCCCCCC)CC(=O)OC[C@H]1O[C@@H](S)[C@H](NC(C)=O)[C@H](OC(C)C(=O)N[C@@H](C)C(=O)N[C@H](CCC(=O)O)C(N)=O)[C@@H]1O. The van der Waals surface area contributed by atoms with Gasteiger partial charge >= 0.3 is 17.9 Å². The molecule has 0 bridgehead atoms. The van der Waals surface area contributed by atoms with Gasteiger partial charge < -0.3 is 50.8 Å². The normalized spacial score (nSPS) is 20.4. The highest BCUT2D eigenvalue weighted by molar-refractivity contribution is 7.80. The van der Waals surface area contributed by atoms with Gasteiger partial charge in [0.15, 0.2) is 0 Å². The van der Waals surface area contributed by atoms with Crippen LogP contribution >= 0.6 is 12.6 Å². The number of aliphatic hydroxyl groups excluding tert-OH is 1. The Morgan fingerprint density at radius 2 is 1.27 bits per heavy atom. The highest BCUT2D eigenvalue weighted by Gasteiger charge is 2.47. The summed E-state index contributed by atoms with van der Waals surface area (Å²) in [5.41, 5.74) is 4.22. The number of primary amides is 1. The fourth-order valence-electron chi connectivity index (χ4n) is 7.30. The van der Waals surface area contributed by atoms with Crippen LogP contribution in [0.3, 0.4) is 0 Å². The van der Waals surface area contributed by atoms with Crippen LogP contribution in [0.4, 0.5) is 0 Å². The van der Waals surface area contributed by atoms with Gasteiger partial charge in [0.1, 0.15) is 54.6 Å². The maximum absolute atomic E-state index is 13.2. The molecular weight excluding hydrogens is 837 g/mol. The number of hydrogen-bond acceptors (Lipinski definition) is 13. The minimum atomic E-state index is -1.55. The Balaban J connectivity index is 2.85. The van der Waals surface area contributed by atoms with Gasteiger partial charge in [-0.2, -0.15) is 0 Å². The van der Waals surface area contributed by atoms with E-state index in [0.717, 1.165) is 57.8 Å². The first-order valence-corrected chi connectivity index (χ1v) is 23.9. The highest BCUT2D eigenvalue weighted by atomic mass is 32.1. The summed E-state index contributed by atoms with van der Waals surface area (Å²) in [5, 5.41) is 27.7. The Morgan fingerprint density at radius 3 is 1.79 bits per heavy atom. The number of carbonyl (C=O) groups excluding carboxylic acids is 6. The predicted octanol–water partition coefficient (Wildman–Crippen LogP) is 5.31. The number of unbranched alkanes of at least 4 members (excludes halogenated alkanes) is 16. The molecule has 1 unspecified atom stereocenters. The van der Waals surface area contributed by atoms with Crippen molar-refractivity contribution in [2.45, 2.75) is 236 Å². The number of carboxylic acids is 1. The molecule has 7 N–H and O–H groups in total. The Morgan fingerprint density at radius 1 is 0.730 bits per heavy atom. The van der Waals surface area contributed by atoms with Gasteiger partial charge in [0.2, 0.25) is 23.6 Å². The van der Waals surface area contributed by atoms with E-state index in [4.69, 9.17) is 29.8 Å². The number of rotatable bonds is 36. The number of carboxylic acid groups (broad SMARTS) is 1. The van der Waals surface area contributed by atoms with E-state index in [-0.39, 0.29) is 25.2 Å². The summed E-state index contributed by atoms with van der Waals surface area (Å²) in [6, 6.07) is -3.57. The van der Waals surface area contributed by atoms with Crippen molar-refractivity contribution in [3.8, 4) is 0 Å². The van der Waals surface area contributed by atoms with E-state index >= 15 is 0 Å². The molecule has 1 heterocycles. The van der Waals surface area contributed by atoms with Crippen molar-refractivity contribution in [2.75, 3.05) is 6.61 Å². The number of aliphatic carboxylic acids is 1. The third-order valence-corrected chi connectivity index (χ3v) is 11.5. The van der Waals surface area contributed by atoms with E-state index in [1.807, 2.05) is 0 Å². The number of amides is 4. The molecule has 9 atom stereocenters. The van der Waals surface area contributed by atoms with Gasteiger partial charge in [-0.05, 0) is 39.5 Å². The third kappa shape index (κ3) is 26.2. The summed E-state index contributed by atoms with van der Waals surface area (Å²) in [6.45, 7) is 7.85. The molecule has 0 aromatic rings. The molecule has 0 saturated carbocycles. The van der Waals surface area contributed by atoms with Crippen LogP contribution < -0.4 is 21.7 Å². The van der Waals surface area contributed by atoms with E-state index in [2.05, 4.69) is 42.4 Å². The molecule has 1 aliphatic rings. The Hall–Kier alpha value is -3.48. The maximum Gasteiger partial charge on any atom is 0.309 e. The molecule has 1 aliphatic heterocycles. The minimum Gasteiger partial charge on any atom is -0.481 e. The number of aliphatic hydroxyl groups is 1. The zero-order chi connectivity index (χ0) is 47.2. The summed E-state index contributed by atoms with van der Waals surface area (Å²) in [6.07, 6.45) is 14.0. The number of esters is 2. The molecule has 4 amide bonds. The second-order valence-corrected chi connectivity index (χ2v) is 17.4. The van der Waals surface area contributed by atoms with Gasteiger partial charge in [0.25, 0.3) is 0 Å². The fourth-order valence-corrected chi connectivity index (χ4v) is 7.70. The molecular formula is C45H80N4O13S. The summed E-state index contributed by atoms with van der Waals surface area (Å²) >= 11 is 4.45. The molecule has 1 saturated heterocycles. The predicted molar refractivity (Wildman–Crippen MR) is 240 cm³/mol. The molecule has 63 heavy (non-hydrogen) atoms. The molecule has 0 aromatic carbocycles. The fraction of sp³-hybridized carbons (Fsp3) is 0.844. The maximum atomic E-state index is 13.2. The lowest BCUT2D eigenvalue weighted by atomic mass is 9.97. The molecule has 0 aliphatic carbocycles. The van der Waals surface area contributed by atoms with Crippen molar-refractivity contribution in [1.29, 1.82) is 0 Å². The number of ether oxygens (including phenoxy) is 4. The lowest BCUT2D eigenvalue weighted by Gasteiger charge is -2.43. The zero-order valence-corrected chi connectivity index (χ0v) is 39.5. The van der Waals surface area contributed by atoms with Gasteiger partial charge in [-0.15, -0.1) is 12.6 Å². The molecule has 18 heteroatoms. The number of carbonyl (C=O) groups is 7. The minimum absolute atomic E-state index is 0.190. The number of nitrogens with two attached hydrogens (primary N) is 1. The van der Waals surface area contributed by atoms with E-state index < -0.39 is 103 Å². The second-order valence-electron chi connectivity index (χ2n) is 16.8. The Labute approximate surface area is 380 Å². The molecule has 17 nitrogen and oxygen atoms in total. The Bertz CT molecular complexity index is 1370. The molecule has 0 radical (unpaired) electrons. The van der Waals surface area contributed by atoms with Crippen LogP contribution in [0.2, 0.25) is 0 Å². The van der Waals surface area contributed by atoms with Crippen LogP contribution in [0.1, 0.15) is 182 Å². The zero-order valence-electron chi connectivity index (χ0n) is 38.6. The second kappa shape index (κ2) is 33.9. The molecule has 0 spiro atoms. The van der Waals surface area contributed by atoms with Gasteiger partial charge in [-0.3, -0.25) is 33.6 Å². The standard InChI is InChI=1S/C45H80N4O13S/c1-6-8-10-12-14-15-16-17-19-21-23-25-37(53)61-33(24-22-20-18-13-11-9-7-2)28-38(54)59-29-35-40(55)41(39(45(63)62-35)48-32(5)50)60-31(4)44(58)47-30(3)43(57)49-34(42(46)56)26-27-36(51)52/h30-31,33-35,39-41,45,55,63H,6-29H2,1-5H3,(H2,46,56)(H,47,58)(H,48,50)(H,49,57)(H,51,52)/t30-,31?,33+,34+,35+,39+,40+,41-,45-/m0/s1. The van der Waals surface area contributed by atoms with Crippen molar-refractivity contribution in [3.05, 3.63) is 0 Å². The lowest BCUT2D eigenvalue weighted by Crippen LogP contribution is -2.64. The summed E-state index contributed by atoms with van der Waals surface area (Å²) in [4.78, 5) is 86.8. The molecule has 364 valence electrons. The molecule has 1 fully saturated rings. The van der Waals surface area contributed by atoms with E-state index in [1.165, 1.54) is 78.6 Å². The quantitative estimate of drug-likeness (QED) is 0.0239. The van der Waals surface area contributed by atoms with Crippen molar-refractivity contribution < 1.29 is 62.7 Å². The van der Waals surface area contributed by atoms with Gasteiger partial charge in [0, 0.05) is 19.8 Å². The van der Waals surface area contributed by atoms with Crippen LogP contribution in [0.15, 0.2) is 0 Å². The summed E-state index contributed by atoms with van der Waals surface area (Å²) < 4.78 is 23.2. The lowest BCUT2D eigenvalue weighted by molar-refractivity contribution is -0.204. The average molecular weight is 917 g/mol. The van der Waals surface area contributed by atoms with Gasteiger partial charge in [-0.1, -0.05) is 117 Å². The monoisotopic (exact) mass is 917 g/mol.